The van der Waals surface area contributed by atoms with Gasteiger partial charge in [0.05, 0.1) is 16.8 Å². The van der Waals surface area contributed by atoms with Crippen LogP contribution in [0.5, 0.6) is 0 Å². The Morgan fingerprint density at radius 2 is 2.27 bits per heavy atom. The third kappa shape index (κ3) is 4.71. The summed E-state index contributed by atoms with van der Waals surface area (Å²) in [6.45, 7) is 4.31. The number of ether oxygens (including phenoxy) is 2. The van der Waals surface area contributed by atoms with Gasteiger partial charge in [-0.3, -0.25) is 5.10 Å². The van der Waals surface area contributed by atoms with Crippen LogP contribution >= 0.6 is 11.3 Å². The molecule has 1 saturated carbocycles. The number of fused-ring (bicyclic) bond motifs is 1. The summed E-state index contributed by atoms with van der Waals surface area (Å²) in [5, 5.41) is 14.5. The van der Waals surface area contributed by atoms with Crippen molar-refractivity contribution in [2.75, 3.05) is 12.4 Å². The van der Waals surface area contributed by atoms with Gasteiger partial charge < -0.3 is 20.1 Å². The van der Waals surface area contributed by atoms with E-state index >= 15 is 0 Å². The van der Waals surface area contributed by atoms with E-state index in [-0.39, 0.29) is 24.2 Å². The molecular formula is C20H26N6O3S. The zero-order valence-corrected chi connectivity index (χ0v) is 18.1. The molecule has 1 aliphatic rings. The number of rotatable bonds is 7. The molecular weight excluding hydrogens is 404 g/mol. The van der Waals surface area contributed by atoms with Crippen molar-refractivity contribution in [3.05, 3.63) is 29.0 Å². The molecule has 0 bridgehead atoms. The summed E-state index contributed by atoms with van der Waals surface area (Å²) < 4.78 is 11.7. The third-order valence-corrected chi connectivity index (χ3v) is 6.02. The Kier molecular flexibility index (Phi) is 6.14. The van der Waals surface area contributed by atoms with Crippen molar-refractivity contribution in [1.29, 1.82) is 0 Å². The van der Waals surface area contributed by atoms with Gasteiger partial charge in [0, 0.05) is 37.0 Å². The maximum atomic E-state index is 11.8. The molecule has 3 N–H and O–H groups in total. The Hall–Kier alpha value is -2.72. The fraction of sp³-hybridized carbons (Fsp3) is 0.500. The number of methoxy groups -OCH3 is 1. The minimum atomic E-state index is -0.348. The highest BCUT2D eigenvalue weighted by Crippen LogP contribution is 2.36. The predicted molar refractivity (Wildman–Crippen MR) is 115 cm³/mol. The zero-order chi connectivity index (χ0) is 21.1. The molecule has 0 radical (unpaired) electrons. The number of nitrogens with zero attached hydrogens (tertiary/aromatic N) is 3. The summed E-state index contributed by atoms with van der Waals surface area (Å²) in [5.41, 5.74) is 1.92. The van der Waals surface area contributed by atoms with Gasteiger partial charge in [-0.2, -0.15) is 5.10 Å². The van der Waals surface area contributed by atoms with E-state index in [1.54, 1.807) is 24.6 Å². The lowest BCUT2D eigenvalue weighted by molar-refractivity contribution is 0.0981. The lowest BCUT2D eigenvalue weighted by atomic mass is 10.0. The first-order valence-corrected chi connectivity index (χ1v) is 10.9. The van der Waals surface area contributed by atoms with E-state index < -0.39 is 0 Å². The molecule has 4 rings (SSSR count). The summed E-state index contributed by atoms with van der Waals surface area (Å²) >= 11 is 1.56. The Labute approximate surface area is 178 Å². The molecule has 3 aromatic heterocycles. The number of carbonyl (C=O) groups excluding carboxylic acids is 1. The molecule has 9 nitrogen and oxygen atoms in total. The van der Waals surface area contributed by atoms with Crippen molar-refractivity contribution in [1.82, 2.24) is 25.5 Å². The van der Waals surface area contributed by atoms with Crippen molar-refractivity contribution in [3.63, 3.8) is 0 Å². The third-order valence-electron chi connectivity index (χ3n) is 4.97. The topological polar surface area (TPSA) is 114 Å². The fourth-order valence-corrected chi connectivity index (χ4v) is 4.63. The maximum Gasteiger partial charge on any atom is 0.407 e. The normalized spacial score (nSPS) is 18.8. The Morgan fingerprint density at radius 1 is 1.40 bits per heavy atom. The number of nitrogens with one attached hydrogen (secondary N) is 3. The highest BCUT2D eigenvalue weighted by molar-refractivity contribution is 7.19. The Balaban J connectivity index is 1.40. The first-order valence-electron chi connectivity index (χ1n) is 10.0. The molecule has 1 aliphatic carbocycles. The van der Waals surface area contributed by atoms with Crippen LogP contribution in [0.1, 0.15) is 49.7 Å². The molecule has 1 amide bonds. The summed E-state index contributed by atoms with van der Waals surface area (Å²) in [4.78, 5) is 20.8. The summed E-state index contributed by atoms with van der Waals surface area (Å²) in [6.07, 6.45) is 3.90. The van der Waals surface area contributed by atoms with Gasteiger partial charge in [0.25, 0.3) is 0 Å². The van der Waals surface area contributed by atoms with Crippen molar-refractivity contribution >= 4 is 39.3 Å². The molecule has 10 heteroatoms. The number of alkyl carbamates (subject to hydrolysis) is 1. The SMILES string of the molecule is COCc1nc2ccnc(Nc3cc([C@@H]4CC[C@H](OC(=O)NC(C)C)C4)[nH]n3)c2s1. The van der Waals surface area contributed by atoms with Crippen molar-refractivity contribution < 1.29 is 14.3 Å². The number of carbonyl (C=O) groups is 1. The first kappa shape index (κ1) is 20.5. The number of aromatic nitrogens is 4. The van der Waals surface area contributed by atoms with Gasteiger partial charge >= 0.3 is 6.09 Å². The van der Waals surface area contributed by atoms with Crippen molar-refractivity contribution in [2.45, 2.75) is 57.8 Å². The second-order valence-corrected chi connectivity index (χ2v) is 8.80. The second-order valence-electron chi connectivity index (χ2n) is 7.72. The molecule has 0 unspecified atom stereocenters. The van der Waals surface area contributed by atoms with Crippen molar-refractivity contribution in [2.24, 2.45) is 0 Å². The van der Waals surface area contributed by atoms with E-state index in [0.29, 0.717) is 12.4 Å². The average Bonchev–Trinajstić information content (AvgIpc) is 3.41. The average molecular weight is 431 g/mol. The number of anilines is 2. The van der Waals surface area contributed by atoms with E-state index in [4.69, 9.17) is 9.47 Å². The fourth-order valence-electron chi connectivity index (χ4n) is 3.66. The number of H-pyrrole nitrogens is 1. The molecule has 2 atom stereocenters. The van der Waals surface area contributed by atoms with Crippen LogP contribution < -0.4 is 10.6 Å². The minimum absolute atomic E-state index is 0.0677. The van der Waals surface area contributed by atoms with Crippen LogP contribution in [0.3, 0.4) is 0 Å². The number of amides is 1. The quantitative estimate of drug-likeness (QED) is 0.517. The molecule has 3 heterocycles. The highest BCUT2D eigenvalue weighted by Gasteiger charge is 2.30. The number of hydrogen-bond acceptors (Lipinski definition) is 8. The Morgan fingerprint density at radius 3 is 3.07 bits per heavy atom. The van der Waals surface area contributed by atoms with Gasteiger partial charge in [-0.25, -0.2) is 14.8 Å². The number of aromatic amines is 1. The minimum Gasteiger partial charge on any atom is -0.446 e. The molecule has 0 aromatic carbocycles. The van der Waals surface area contributed by atoms with Gasteiger partial charge in [-0.1, -0.05) is 0 Å². The van der Waals surface area contributed by atoms with Crippen molar-refractivity contribution in [3.8, 4) is 0 Å². The molecule has 160 valence electrons. The predicted octanol–water partition coefficient (Wildman–Crippen LogP) is 4.08. The van der Waals surface area contributed by atoms with E-state index in [2.05, 4.69) is 30.8 Å². The number of hydrogen-bond donors (Lipinski definition) is 3. The summed E-state index contributed by atoms with van der Waals surface area (Å²) in [7, 11) is 1.66. The van der Waals surface area contributed by atoms with Crippen LogP contribution in [-0.4, -0.2) is 45.5 Å². The zero-order valence-electron chi connectivity index (χ0n) is 17.3. The monoisotopic (exact) mass is 430 g/mol. The second kappa shape index (κ2) is 8.97. The lowest BCUT2D eigenvalue weighted by Gasteiger charge is -2.14. The molecule has 3 aromatic rings. The van der Waals surface area contributed by atoms with Crippen LogP contribution in [0.2, 0.25) is 0 Å². The first-order chi connectivity index (χ1) is 14.5. The van der Waals surface area contributed by atoms with Gasteiger partial charge in [0.2, 0.25) is 0 Å². The van der Waals surface area contributed by atoms with E-state index in [9.17, 15) is 4.79 Å². The largest absolute Gasteiger partial charge is 0.446 e. The lowest BCUT2D eigenvalue weighted by Crippen LogP contribution is -2.33. The summed E-state index contributed by atoms with van der Waals surface area (Å²) in [5.74, 6) is 1.71. The van der Waals surface area contributed by atoms with Crippen LogP contribution in [0.15, 0.2) is 18.3 Å². The van der Waals surface area contributed by atoms with Crippen LogP contribution in [0.4, 0.5) is 16.4 Å². The molecule has 0 aliphatic heterocycles. The van der Waals surface area contributed by atoms with Gasteiger partial charge in [0.15, 0.2) is 11.6 Å². The van der Waals surface area contributed by atoms with E-state index in [1.807, 2.05) is 26.0 Å². The standard InChI is InChI=1S/C20H26N6O3S/c1-11(2)22-20(27)29-13-5-4-12(8-13)15-9-16(26-25-15)24-19-18-14(6-7-21-19)23-17(30-18)10-28-3/h6-7,9,11-13H,4-5,8,10H2,1-3H3,(H,22,27)(H2,21,24,25,26)/t12-,13+/m1/s1. The molecule has 0 spiro atoms. The van der Waals surface area contributed by atoms with Gasteiger partial charge in [-0.15, -0.1) is 11.3 Å². The molecule has 1 fully saturated rings. The van der Waals surface area contributed by atoms with E-state index in [0.717, 1.165) is 46.0 Å². The highest BCUT2D eigenvalue weighted by atomic mass is 32.1. The van der Waals surface area contributed by atoms with Crippen LogP contribution in [-0.2, 0) is 16.1 Å². The van der Waals surface area contributed by atoms with Crippen LogP contribution in [0, 0.1) is 0 Å². The van der Waals surface area contributed by atoms with E-state index in [1.165, 1.54) is 0 Å². The number of pyridine rings is 1. The smallest absolute Gasteiger partial charge is 0.407 e. The summed E-state index contributed by atoms with van der Waals surface area (Å²) in [6, 6.07) is 3.96. The molecule has 0 saturated heterocycles. The number of thiazole rings is 1. The van der Waals surface area contributed by atoms with Crippen LogP contribution in [0.25, 0.3) is 10.2 Å². The Bertz CT molecular complexity index is 1020. The van der Waals surface area contributed by atoms with Gasteiger partial charge in [0.1, 0.15) is 11.1 Å². The maximum absolute atomic E-state index is 11.8. The molecule has 30 heavy (non-hydrogen) atoms. The van der Waals surface area contributed by atoms with Gasteiger partial charge in [-0.05, 0) is 39.2 Å².